The summed E-state index contributed by atoms with van der Waals surface area (Å²) in [6, 6.07) is 0.299. The maximum Gasteiger partial charge on any atom is 0.290 e. The second-order valence-electron chi connectivity index (χ2n) is 8.91. The third kappa shape index (κ3) is 2.67. The van der Waals surface area contributed by atoms with Gasteiger partial charge in [-0.3, -0.25) is 4.79 Å². The van der Waals surface area contributed by atoms with E-state index in [1.165, 1.54) is 0 Å². The molecule has 1 amide bonds. The van der Waals surface area contributed by atoms with Gasteiger partial charge in [0.2, 0.25) is 11.9 Å². The van der Waals surface area contributed by atoms with Crippen molar-refractivity contribution in [2.24, 2.45) is 17.8 Å². The van der Waals surface area contributed by atoms with Crippen LogP contribution in [0, 0.1) is 17.8 Å². The number of halogens is 2. The van der Waals surface area contributed by atoms with Gasteiger partial charge in [0.1, 0.15) is 11.5 Å². The topological polar surface area (TPSA) is 61.4 Å². The van der Waals surface area contributed by atoms with Crippen LogP contribution in [0.1, 0.15) is 43.9 Å². The number of fused-ring (bicyclic) bond motifs is 3. The molecule has 8 heteroatoms. The fraction of sp³-hybridized carbons (Fsp3) is 0.750. The van der Waals surface area contributed by atoms with Gasteiger partial charge in [-0.2, -0.15) is 13.8 Å². The van der Waals surface area contributed by atoms with Gasteiger partial charge in [0.25, 0.3) is 5.92 Å². The SMILES string of the molecule is CNC(=O)C[C@@H]1[C@@H]2C[C@H]1CN(c1nc(N3CC[C@@H]3C)nc3c1CCC3(F)F)C2. The van der Waals surface area contributed by atoms with Crippen molar-refractivity contribution >= 4 is 17.7 Å². The fourth-order valence-electron chi connectivity index (χ4n) is 5.41. The number of alkyl halides is 2. The number of hydrogen-bond acceptors (Lipinski definition) is 5. The lowest BCUT2D eigenvalue weighted by molar-refractivity contribution is -0.124. The van der Waals surface area contributed by atoms with E-state index in [2.05, 4.69) is 22.1 Å². The molecule has 1 saturated carbocycles. The fourth-order valence-corrected chi connectivity index (χ4v) is 5.41. The van der Waals surface area contributed by atoms with Gasteiger partial charge in [-0.05, 0) is 43.9 Å². The van der Waals surface area contributed by atoms with Crippen LogP contribution in [-0.2, 0) is 17.1 Å². The molecule has 4 heterocycles. The van der Waals surface area contributed by atoms with Crippen molar-refractivity contribution < 1.29 is 13.6 Å². The van der Waals surface area contributed by atoms with E-state index in [1.54, 1.807) is 7.05 Å². The minimum atomic E-state index is -2.86. The van der Waals surface area contributed by atoms with Crippen LogP contribution in [0.3, 0.4) is 0 Å². The maximum atomic E-state index is 14.5. The highest BCUT2D eigenvalue weighted by atomic mass is 19.3. The number of hydrogen-bond donors (Lipinski definition) is 1. The molecule has 28 heavy (non-hydrogen) atoms. The van der Waals surface area contributed by atoms with Crippen LogP contribution in [0.4, 0.5) is 20.5 Å². The molecule has 6 rings (SSSR count). The van der Waals surface area contributed by atoms with E-state index in [-0.39, 0.29) is 18.0 Å². The molecule has 3 aliphatic heterocycles. The van der Waals surface area contributed by atoms with Gasteiger partial charge in [-0.1, -0.05) is 0 Å². The van der Waals surface area contributed by atoms with Crippen molar-refractivity contribution in [2.45, 2.75) is 51.0 Å². The molecule has 1 aromatic heterocycles. The van der Waals surface area contributed by atoms with Gasteiger partial charge in [0, 0.05) is 51.1 Å². The van der Waals surface area contributed by atoms with Crippen molar-refractivity contribution in [3.63, 3.8) is 0 Å². The zero-order valence-electron chi connectivity index (χ0n) is 16.4. The molecule has 5 aliphatic rings. The van der Waals surface area contributed by atoms with Crippen LogP contribution in [-0.4, -0.2) is 48.6 Å². The molecule has 6 nitrogen and oxygen atoms in total. The van der Waals surface area contributed by atoms with Gasteiger partial charge in [-0.25, -0.2) is 4.98 Å². The lowest BCUT2D eigenvalue weighted by atomic mass is 9.60. The number of piperidine rings is 2. The third-order valence-corrected chi connectivity index (χ3v) is 7.31. The standard InChI is InChI=1S/C20H27F2N5O/c1-11-4-6-27(11)19-24-17-14(3-5-20(17,21)22)18(25-19)26-9-12-7-13(10-26)15(12)8-16(28)23-2/h11-13,15H,3-10H2,1-2H3,(H,23,28)/t11-,12-,13+,15-/m0/s1. The molecular weight excluding hydrogens is 364 g/mol. The van der Waals surface area contributed by atoms with E-state index in [4.69, 9.17) is 4.98 Å². The second kappa shape index (κ2) is 6.26. The summed E-state index contributed by atoms with van der Waals surface area (Å²) in [5.74, 6) is -0.326. The van der Waals surface area contributed by atoms with Gasteiger partial charge >= 0.3 is 0 Å². The van der Waals surface area contributed by atoms with E-state index in [0.717, 1.165) is 32.5 Å². The zero-order chi connectivity index (χ0) is 19.6. The van der Waals surface area contributed by atoms with Gasteiger partial charge in [0.05, 0.1) is 0 Å². The van der Waals surface area contributed by atoms with Crippen LogP contribution in [0.2, 0.25) is 0 Å². The Hall–Kier alpha value is -1.99. The van der Waals surface area contributed by atoms with E-state index < -0.39 is 5.92 Å². The first-order valence-corrected chi connectivity index (χ1v) is 10.4. The Labute approximate surface area is 163 Å². The summed E-state index contributed by atoms with van der Waals surface area (Å²) < 4.78 is 29.0. The van der Waals surface area contributed by atoms with E-state index in [0.29, 0.717) is 54.0 Å². The molecule has 1 N–H and O–H groups in total. The lowest BCUT2D eigenvalue weighted by Crippen LogP contribution is -2.56. The summed E-state index contributed by atoms with van der Waals surface area (Å²) in [5.41, 5.74) is 0.568. The van der Waals surface area contributed by atoms with Crippen LogP contribution in [0.25, 0.3) is 0 Å². The molecule has 0 spiro atoms. The van der Waals surface area contributed by atoms with Crippen molar-refractivity contribution in [3.8, 4) is 0 Å². The molecule has 0 unspecified atom stereocenters. The highest BCUT2D eigenvalue weighted by molar-refractivity contribution is 5.76. The molecule has 3 saturated heterocycles. The lowest BCUT2D eigenvalue weighted by Gasteiger charge is -2.54. The summed E-state index contributed by atoms with van der Waals surface area (Å²) >= 11 is 0. The molecule has 2 aliphatic carbocycles. The number of rotatable bonds is 4. The zero-order valence-corrected chi connectivity index (χ0v) is 16.4. The quantitative estimate of drug-likeness (QED) is 0.854. The first-order valence-electron chi connectivity index (χ1n) is 10.4. The highest BCUT2D eigenvalue weighted by Gasteiger charge is 2.50. The Morgan fingerprint density at radius 2 is 2.04 bits per heavy atom. The molecule has 0 radical (unpaired) electrons. The van der Waals surface area contributed by atoms with Crippen molar-refractivity contribution in [3.05, 3.63) is 11.3 Å². The minimum Gasteiger partial charge on any atom is -0.359 e. The summed E-state index contributed by atoms with van der Waals surface area (Å²) in [4.78, 5) is 25.1. The first-order chi connectivity index (χ1) is 13.4. The minimum absolute atomic E-state index is 0.0623. The van der Waals surface area contributed by atoms with Gasteiger partial charge in [-0.15, -0.1) is 0 Å². The van der Waals surface area contributed by atoms with Gasteiger partial charge in [0.15, 0.2) is 0 Å². The number of nitrogens with zero attached hydrogens (tertiary/aromatic N) is 4. The smallest absolute Gasteiger partial charge is 0.290 e. The van der Waals surface area contributed by atoms with Crippen LogP contribution in [0.5, 0.6) is 0 Å². The average Bonchev–Trinajstić information content (AvgIpc) is 2.99. The number of nitrogens with one attached hydrogen (secondary N) is 1. The normalized spacial score (nSPS) is 32.4. The van der Waals surface area contributed by atoms with Crippen LogP contribution >= 0.6 is 0 Å². The number of carbonyl (C=O) groups is 1. The molecule has 1 aromatic rings. The molecule has 2 bridgehead atoms. The average molecular weight is 391 g/mol. The largest absolute Gasteiger partial charge is 0.359 e. The van der Waals surface area contributed by atoms with Crippen LogP contribution < -0.4 is 15.1 Å². The number of carbonyl (C=O) groups excluding carboxylic acids is 1. The van der Waals surface area contributed by atoms with Crippen molar-refractivity contribution in [1.82, 2.24) is 15.3 Å². The summed E-state index contributed by atoms with van der Waals surface area (Å²) in [6.45, 7) is 4.49. The summed E-state index contributed by atoms with van der Waals surface area (Å²) in [5, 5.41) is 2.71. The van der Waals surface area contributed by atoms with Crippen LogP contribution in [0.15, 0.2) is 0 Å². The van der Waals surface area contributed by atoms with E-state index in [9.17, 15) is 13.6 Å². The molecule has 4 atom stereocenters. The molecule has 0 aromatic carbocycles. The highest BCUT2D eigenvalue weighted by Crippen LogP contribution is 2.50. The summed E-state index contributed by atoms with van der Waals surface area (Å²) in [7, 11) is 1.67. The van der Waals surface area contributed by atoms with E-state index in [1.807, 2.05) is 4.90 Å². The Kier molecular flexibility index (Phi) is 4.04. The van der Waals surface area contributed by atoms with Crippen molar-refractivity contribution in [1.29, 1.82) is 0 Å². The molecule has 4 fully saturated rings. The Morgan fingerprint density at radius 3 is 2.64 bits per heavy atom. The number of amides is 1. The van der Waals surface area contributed by atoms with E-state index >= 15 is 0 Å². The predicted octanol–water partition coefficient (Wildman–Crippen LogP) is 2.32. The third-order valence-electron chi connectivity index (χ3n) is 7.31. The second-order valence-corrected chi connectivity index (χ2v) is 8.91. The Morgan fingerprint density at radius 1 is 1.29 bits per heavy atom. The van der Waals surface area contributed by atoms with Crippen molar-refractivity contribution in [2.75, 3.05) is 36.5 Å². The molecule has 152 valence electrons. The summed E-state index contributed by atoms with van der Waals surface area (Å²) in [6.07, 6.45) is 2.89. The predicted molar refractivity (Wildman–Crippen MR) is 102 cm³/mol. The Bertz CT molecular complexity index is 804. The molecular formula is C20H27F2N5O. The number of anilines is 2. The first kappa shape index (κ1) is 18.1. The maximum absolute atomic E-state index is 14.5. The number of aromatic nitrogens is 2. The van der Waals surface area contributed by atoms with Gasteiger partial charge < -0.3 is 15.1 Å². The Balaban J connectivity index is 1.44. The monoisotopic (exact) mass is 391 g/mol.